The molecule has 0 aromatic heterocycles. The van der Waals surface area contributed by atoms with Crippen LogP contribution < -0.4 is 0 Å². The molecule has 248 valence electrons. The summed E-state index contributed by atoms with van der Waals surface area (Å²) in [5.74, 6) is 0.0327. The molecule has 0 amide bonds. The summed E-state index contributed by atoms with van der Waals surface area (Å²) >= 11 is 0. The minimum Gasteiger partial charge on any atom is -0.289 e. The second-order valence-electron chi connectivity index (χ2n) is 14.7. The minimum atomic E-state index is -0.497. The van der Waals surface area contributed by atoms with E-state index in [-0.39, 0.29) is 5.78 Å². The van der Waals surface area contributed by atoms with E-state index in [0.717, 1.165) is 17.6 Å². The molecule has 1 atom stereocenters. The van der Waals surface area contributed by atoms with Crippen molar-refractivity contribution in [3.63, 3.8) is 0 Å². The number of allylic oxidation sites excluding steroid dienone is 5. The summed E-state index contributed by atoms with van der Waals surface area (Å²) in [5, 5.41) is 0. The van der Waals surface area contributed by atoms with Crippen molar-refractivity contribution < 1.29 is 4.79 Å². The zero-order valence-corrected chi connectivity index (χ0v) is 29.1. The first kappa shape index (κ1) is 30.1. The molecule has 2 spiro atoms. The van der Waals surface area contributed by atoms with Crippen molar-refractivity contribution in [2.45, 2.75) is 17.3 Å². The monoisotopic (exact) mass is 674 g/mol. The van der Waals surface area contributed by atoms with E-state index >= 15 is 0 Å². The SMILES string of the molecule is C=C1/C=C\C=C/CC2(c3ccccc31)c1ccccc1-c1ccc(C(=O)c3ccc4c(c3)C3(c5ccccc5-c5ccccc53)c3ccccc3-4)cc12. The third-order valence-electron chi connectivity index (χ3n) is 12.4. The van der Waals surface area contributed by atoms with Crippen LogP contribution in [-0.4, -0.2) is 5.78 Å². The zero-order chi connectivity index (χ0) is 35.3. The standard InChI is InChI=1S/C52H34O/c1-33-15-3-2-14-30-51(43-21-9-4-16-36(33)43)44-22-10-5-17-37(44)41-28-26-34(31-48(41)51)50(53)35-27-29-42-40-20-8-13-25-47(40)52(49(42)32-35)45-23-11-6-18-38(45)39-19-7-12-24-46(39)52/h2-29,31-32H,1,30H2/b14-2-,15-3-. The van der Waals surface area contributed by atoms with E-state index in [9.17, 15) is 4.79 Å². The number of benzene rings is 7. The summed E-state index contributed by atoms with van der Waals surface area (Å²) in [6.45, 7) is 4.48. The quantitative estimate of drug-likeness (QED) is 0.167. The van der Waals surface area contributed by atoms with Crippen molar-refractivity contribution >= 4 is 11.4 Å². The van der Waals surface area contributed by atoms with Gasteiger partial charge in [-0.15, -0.1) is 0 Å². The van der Waals surface area contributed by atoms with Crippen molar-refractivity contribution in [2.24, 2.45) is 0 Å². The van der Waals surface area contributed by atoms with Gasteiger partial charge < -0.3 is 0 Å². The molecule has 0 saturated heterocycles. The van der Waals surface area contributed by atoms with E-state index in [0.29, 0.717) is 11.1 Å². The average molecular weight is 675 g/mol. The first-order valence-corrected chi connectivity index (χ1v) is 18.5. The van der Waals surface area contributed by atoms with Gasteiger partial charge in [0.2, 0.25) is 0 Å². The molecular formula is C52H34O. The predicted octanol–water partition coefficient (Wildman–Crippen LogP) is 12.1. The van der Waals surface area contributed by atoms with Gasteiger partial charge >= 0.3 is 0 Å². The number of ketones is 1. The maximum Gasteiger partial charge on any atom is 0.193 e. The van der Waals surface area contributed by atoms with Gasteiger partial charge in [-0.1, -0.05) is 176 Å². The highest BCUT2D eigenvalue weighted by Gasteiger charge is 2.52. The number of fused-ring (bicyclic) bond motifs is 17. The summed E-state index contributed by atoms with van der Waals surface area (Å²) in [6, 6.07) is 56.6. The van der Waals surface area contributed by atoms with Crippen LogP contribution in [0.2, 0.25) is 0 Å². The molecule has 4 aliphatic rings. The van der Waals surface area contributed by atoms with Crippen LogP contribution in [0.5, 0.6) is 0 Å². The van der Waals surface area contributed by atoms with E-state index in [1.807, 2.05) is 12.1 Å². The maximum atomic E-state index is 15.0. The van der Waals surface area contributed by atoms with Gasteiger partial charge in [-0.3, -0.25) is 4.79 Å². The van der Waals surface area contributed by atoms with E-state index in [4.69, 9.17) is 0 Å². The smallest absolute Gasteiger partial charge is 0.193 e. The van der Waals surface area contributed by atoms with Gasteiger partial charge in [0.15, 0.2) is 5.78 Å². The summed E-state index contributed by atoms with van der Waals surface area (Å²) in [6.07, 6.45) is 9.34. The fourth-order valence-electron chi connectivity index (χ4n) is 10.3. The van der Waals surface area contributed by atoms with Crippen LogP contribution in [-0.2, 0) is 10.8 Å². The Labute approximate surface area is 309 Å². The molecule has 11 rings (SSSR count). The molecule has 0 radical (unpaired) electrons. The minimum absolute atomic E-state index is 0.0327. The lowest BCUT2D eigenvalue weighted by Gasteiger charge is -2.34. The van der Waals surface area contributed by atoms with Crippen LogP contribution >= 0.6 is 0 Å². The largest absolute Gasteiger partial charge is 0.289 e. The van der Waals surface area contributed by atoms with Gasteiger partial charge in [-0.05, 0) is 102 Å². The molecule has 0 saturated carbocycles. The van der Waals surface area contributed by atoms with Gasteiger partial charge in [-0.25, -0.2) is 0 Å². The van der Waals surface area contributed by atoms with E-state index in [1.54, 1.807) is 0 Å². The predicted molar refractivity (Wildman–Crippen MR) is 216 cm³/mol. The molecule has 1 nitrogen and oxygen atoms in total. The number of hydrogen-bond donors (Lipinski definition) is 0. The van der Waals surface area contributed by atoms with Gasteiger partial charge in [0.05, 0.1) is 10.8 Å². The van der Waals surface area contributed by atoms with Crippen LogP contribution in [0.1, 0.15) is 66.8 Å². The van der Waals surface area contributed by atoms with Gasteiger partial charge in [0.25, 0.3) is 0 Å². The Morgan fingerprint density at radius 3 is 1.42 bits per heavy atom. The number of hydrogen-bond acceptors (Lipinski definition) is 1. The Morgan fingerprint density at radius 2 is 0.849 bits per heavy atom. The summed E-state index contributed by atoms with van der Waals surface area (Å²) in [7, 11) is 0. The molecule has 0 aliphatic heterocycles. The topological polar surface area (TPSA) is 17.1 Å². The van der Waals surface area contributed by atoms with Crippen molar-refractivity contribution in [3.8, 4) is 33.4 Å². The van der Waals surface area contributed by atoms with Crippen LogP contribution in [0.3, 0.4) is 0 Å². The van der Waals surface area contributed by atoms with Crippen LogP contribution in [0.25, 0.3) is 39.0 Å². The van der Waals surface area contributed by atoms with Gasteiger partial charge in [-0.2, -0.15) is 0 Å². The highest BCUT2D eigenvalue weighted by molar-refractivity contribution is 6.11. The lowest BCUT2D eigenvalue weighted by molar-refractivity contribution is 0.103. The first-order chi connectivity index (χ1) is 26.1. The molecule has 0 bridgehead atoms. The number of carbonyl (C=O) groups is 1. The van der Waals surface area contributed by atoms with E-state index in [2.05, 4.69) is 176 Å². The van der Waals surface area contributed by atoms with Crippen molar-refractivity contribution in [3.05, 3.63) is 244 Å². The normalized spacial score (nSPS) is 18.8. The van der Waals surface area contributed by atoms with Crippen LogP contribution in [0.15, 0.2) is 189 Å². The Hall–Kier alpha value is -6.57. The Morgan fingerprint density at radius 1 is 0.434 bits per heavy atom. The third-order valence-corrected chi connectivity index (χ3v) is 12.4. The van der Waals surface area contributed by atoms with E-state index < -0.39 is 10.8 Å². The summed E-state index contributed by atoms with van der Waals surface area (Å²) in [5.41, 5.74) is 18.5. The van der Waals surface area contributed by atoms with Gasteiger partial charge in [0.1, 0.15) is 0 Å². The Kier molecular flexibility index (Phi) is 6.23. The Balaban J connectivity index is 1.11. The van der Waals surface area contributed by atoms with Crippen LogP contribution in [0, 0.1) is 0 Å². The van der Waals surface area contributed by atoms with Crippen molar-refractivity contribution in [1.82, 2.24) is 0 Å². The van der Waals surface area contributed by atoms with Crippen LogP contribution in [0.4, 0.5) is 0 Å². The average Bonchev–Trinajstić information content (AvgIpc) is 3.81. The molecule has 4 aliphatic carbocycles. The highest BCUT2D eigenvalue weighted by atomic mass is 16.1. The lowest BCUT2D eigenvalue weighted by Crippen LogP contribution is -2.28. The highest BCUT2D eigenvalue weighted by Crippen LogP contribution is 2.63. The molecule has 1 heteroatoms. The first-order valence-electron chi connectivity index (χ1n) is 18.5. The number of carbonyl (C=O) groups excluding carboxylic acids is 1. The number of rotatable bonds is 2. The lowest BCUT2D eigenvalue weighted by atomic mass is 9.68. The molecule has 1 unspecified atom stereocenters. The molecular weight excluding hydrogens is 641 g/mol. The molecule has 7 aromatic rings. The summed E-state index contributed by atoms with van der Waals surface area (Å²) in [4.78, 5) is 15.0. The fourth-order valence-corrected chi connectivity index (χ4v) is 10.3. The van der Waals surface area contributed by atoms with Crippen molar-refractivity contribution in [2.75, 3.05) is 0 Å². The molecule has 7 aromatic carbocycles. The van der Waals surface area contributed by atoms with Gasteiger partial charge in [0, 0.05) is 11.1 Å². The molecule has 0 N–H and O–H groups in total. The fraction of sp³-hybridized carbons (Fsp3) is 0.0577. The summed E-state index contributed by atoms with van der Waals surface area (Å²) < 4.78 is 0. The molecule has 0 fully saturated rings. The molecule has 0 heterocycles. The van der Waals surface area contributed by atoms with Crippen molar-refractivity contribution in [1.29, 1.82) is 0 Å². The molecule has 53 heavy (non-hydrogen) atoms. The zero-order valence-electron chi connectivity index (χ0n) is 29.1. The second kappa shape index (κ2) is 11.0. The third kappa shape index (κ3) is 3.84. The maximum absolute atomic E-state index is 15.0. The Bertz CT molecular complexity index is 2740. The second-order valence-corrected chi connectivity index (χ2v) is 14.7. The van der Waals surface area contributed by atoms with E-state index in [1.165, 1.54) is 72.3 Å².